The molecule has 3 aliphatic carbocycles. The summed E-state index contributed by atoms with van der Waals surface area (Å²) >= 11 is 0. The number of fused-ring (bicyclic) bond motifs is 2. The molecule has 1 fully saturated rings. The van der Waals surface area contributed by atoms with E-state index in [4.69, 9.17) is 9.47 Å². The van der Waals surface area contributed by atoms with Crippen molar-refractivity contribution < 1.29 is 9.47 Å². The Morgan fingerprint density at radius 1 is 0.786 bits per heavy atom. The second-order valence-electron chi connectivity index (χ2n) is 9.33. The van der Waals surface area contributed by atoms with Crippen LogP contribution in [-0.4, -0.2) is 14.2 Å². The molecule has 0 heterocycles. The van der Waals surface area contributed by atoms with Gasteiger partial charge in [-0.2, -0.15) is 0 Å². The first-order valence-electron chi connectivity index (χ1n) is 10.8. The Morgan fingerprint density at radius 2 is 1.43 bits per heavy atom. The topological polar surface area (TPSA) is 18.5 Å². The van der Waals surface area contributed by atoms with E-state index in [2.05, 4.69) is 39.8 Å². The minimum absolute atomic E-state index is 0.153. The van der Waals surface area contributed by atoms with E-state index in [-0.39, 0.29) is 5.41 Å². The maximum absolute atomic E-state index is 5.96. The summed E-state index contributed by atoms with van der Waals surface area (Å²) in [6.45, 7) is 9.06. The van der Waals surface area contributed by atoms with Crippen LogP contribution < -0.4 is 9.47 Å². The summed E-state index contributed by atoms with van der Waals surface area (Å²) in [5.74, 6) is 3.43. The van der Waals surface area contributed by atoms with Crippen LogP contribution in [0.3, 0.4) is 0 Å². The molecule has 2 aromatic rings. The number of rotatable bonds is 2. The van der Waals surface area contributed by atoms with Gasteiger partial charge < -0.3 is 9.47 Å². The largest absolute Gasteiger partial charge is 0.496 e. The molecule has 0 bridgehead atoms. The number of hydrogen-bond donors (Lipinski definition) is 0. The van der Waals surface area contributed by atoms with Gasteiger partial charge in [0.05, 0.1) is 14.2 Å². The van der Waals surface area contributed by atoms with Gasteiger partial charge in [-0.15, -0.1) is 0 Å². The van der Waals surface area contributed by atoms with Crippen molar-refractivity contribution in [3.05, 3.63) is 56.6 Å². The van der Waals surface area contributed by atoms with Crippen LogP contribution in [-0.2, 0) is 18.3 Å². The Bertz CT molecular complexity index is 987. The van der Waals surface area contributed by atoms with E-state index < -0.39 is 0 Å². The highest BCUT2D eigenvalue weighted by Crippen LogP contribution is 2.65. The summed E-state index contributed by atoms with van der Waals surface area (Å²) in [4.78, 5) is 0. The fourth-order valence-electron chi connectivity index (χ4n) is 7.06. The summed E-state index contributed by atoms with van der Waals surface area (Å²) in [5, 5.41) is 0. The van der Waals surface area contributed by atoms with Crippen LogP contribution in [0.25, 0.3) is 0 Å². The maximum Gasteiger partial charge on any atom is 0.128 e. The summed E-state index contributed by atoms with van der Waals surface area (Å²) in [6.07, 6.45) is 6.39. The average molecular weight is 377 g/mol. The smallest absolute Gasteiger partial charge is 0.128 e. The van der Waals surface area contributed by atoms with Crippen molar-refractivity contribution in [2.24, 2.45) is 11.8 Å². The van der Waals surface area contributed by atoms with Crippen molar-refractivity contribution >= 4 is 0 Å². The van der Waals surface area contributed by atoms with E-state index in [0.29, 0.717) is 11.8 Å². The van der Waals surface area contributed by atoms with Crippen molar-refractivity contribution in [3.8, 4) is 11.5 Å². The molecule has 2 heteroatoms. The third-order valence-corrected chi connectivity index (χ3v) is 8.49. The quantitative estimate of drug-likeness (QED) is 0.664. The standard InChI is InChI=1S/C26H32O2/c1-14-10-22-20(16(3)15(14)2)11-18-8-7-9-19-12-21-23(26(18,19)22)13-24(27-5)17(4)25(21)28-6/h10,13,18-19H,7-9,11-12H2,1-6H3/t18-,19-,26?/m0/s1. The number of aryl methyl sites for hydroxylation is 1. The van der Waals surface area contributed by atoms with E-state index in [9.17, 15) is 0 Å². The molecule has 28 heavy (non-hydrogen) atoms. The first-order valence-corrected chi connectivity index (χ1v) is 10.8. The summed E-state index contributed by atoms with van der Waals surface area (Å²) in [5.41, 5.74) is 11.9. The van der Waals surface area contributed by atoms with Crippen LogP contribution in [0.1, 0.15) is 63.8 Å². The zero-order valence-electron chi connectivity index (χ0n) is 18.2. The van der Waals surface area contributed by atoms with Crippen LogP contribution in [0, 0.1) is 39.5 Å². The van der Waals surface area contributed by atoms with Crippen molar-refractivity contribution in [2.45, 2.75) is 65.2 Å². The van der Waals surface area contributed by atoms with Gasteiger partial charge in [0.2, 0.25) is 0 Å². The van der Waals surface area contributed by atoms with E-state index >= 15 is 0 Å². The predicted molar refractivity (Wildman–Crippen MR) is 114 cm³/mol. The predicted octanol–water partition coefficient (Wildman–Crippen LogP) is 5.75. The van der Waals surface area contributed by atoms with Gasteiger partial charge in [0.1, 0.15) is 11.5 Å². The van der Waals surface area contributed by atoms with Crippen LogP contribution in [0.15, 0.2) is 12.1 Å². The summed E-state index contributed by atoms with van der Waals surface area (Å²) in [7, 11) is 3.61. The van der Waals surface area contributed by atoms with E-state index in [0.717, 1.165) is 23.5 Å². The van der Waals surface area contributed by atoms with Gasteiger partial charge in [-0.1, -0.05) is 12.5 Å². The van der Waals surface area contributed by atoms with Crippen molar-refractivity contribution in [1.82, 2.24) is 0 Å². The molecule has 3 aliphatic rings. The first kappa shape index (κ1) is 18.1. The minimum Gasteiger partial charge on any atom is -0.496 e. The molecule has 0 N–H and O–H groups in total. The Labute approximate surface area is 169 Å². The lowest BCUT2D eigenvalue weighted by Gasteiger charge is -2.44. The maximum atomic E-state index is 5.96. The van der Waals surface area contributed by atoms with Gasteiger partial charge in [0.25, 0.3) is 0 Å². The molecule has 3 atom stereocenters. The van der Waals surface area contributed by atoms with E-state index in [1.807, 2.05) is 7.11 Å². The second kappa shape index (κ2) is 6.02. The molecule has 0 radical (unpaired) electrons. The molecule has 2 aromatic carbocycles. The summed E-state index contributed by atoms with van der Waals surface area (Å²) < 4.78 is 11.8. The first-order chi connectivity index (χ1) is 13.4. The number of methoxy groups -OCH3 is 2. The molecule has 1 unspecified atom stereocenters. The molecule has 1 saturated carbocycles. The van der Waals surface area contributed by atoms with E-state index in [1.54, 1.807) is 18.2 Å². The lowest BCUT2D eigenvalue weighted by molar-refractivity contribution is 0.176. The Morgan fingerprint density at radius 3 is 2.07 bits per heavy atom. The van der Waals surface area contributed by atoms with Gasteiger partial charge in [-0.05, 0) is 110 Å². The number of hydrogen-bond acceptors (Lipinski definition) is 2. The lowest BCUT2D eigenvalue weighted by Crippen LogP contribution is -2.41. The zero-order chi connectivity index (χ0) is 19.8. The fraction of sp³-hybridized carbons (Fsp3) is 0.538. The minimum atomic E-state index is 0.153. The van der Waals surface area contributed by atoms with Crippen LogP contribution in [0.4, 0.5) is 0 Å². The Kier molecular flexibility index (Phi) is 3.89. The average Bonchev–Trinajstić information content (AvgIpc) is 3.20. The normalized spacial score (nSPS) is 27.1. The fourth-order valence-corrected chi connectivity index (χ4v) is 7.06. The summed E-state index contributed by atoms with van der Waals surface area (Å²) in [6, 6.07) is 4.90. The third kappa shape index (κ3) is 1.99. The second-order valence-corrected chi connectivity index (χ2v) is 9.33. The van der Waals surface area contributed by atoms with Gasteiger partial charge in [-0.25, -0.2) is 0 Å². The van der Waals surface area contributed by atoms with Gasteiger partial charge >= 0.3 is 0 Å². The molecule has 0 aliphatic heterocycles. The van der Waals surface area contributed by atoms with E-state index in [1.165, 1.54) is 53.5 Å². The molecule has 0 amide bonds. The molecular formula is C26H32O2. The molecule has 0 saturated heterocycles. The van der Waals surface area contributed by atoms with Crippen molar-refractivity contribution in [3.63, 3.8) is 0 Å². The third-order valence-electron chi connectivity index (χ3n) is 8.49. The van der Waals surface area contributed by atoms with Gasteiger partial charge in [-0.3, -0.25) is 0 Å². The zero-order valence-corrected chi connectivity index (χ0v) is 18.2. The monoisotopic (exact) mass is 376 g/mol. The highest BCUT2D eigenvalue weighted by atomic mass is 16.5. The van der Waals surface area contributed by atoms with Crippen molar-refractivity contribution in [2.75, 3.05) is 14.2 Å². The highest BCUT2D eigenvalue weighted by molar-refractivity contribution is 5.66. The molecule has 0 aromatic heterocycles. The number of benzene rings is 2. The molecule has 1 spiro atoms. The molecule has 2 nitrogen and oxygen atoms in total. The number of ether oxygens (including phenoxy) is 2. The Balaban J connectivity index is 1.87. The SMILES string of the molecule is COc1cc2c(c(OC)c1C)C[C@@H]1CCC[C@H]3Cc4c(cc(C)c(C)c4C)C231. The van der Waals surface area contributed by atoms with Crippen LogP contribution in [0.5, 0.6) is 11.5 Å². The van der Waals surface area contributed by atoms with Crippen molar-refractivity contribution in [1.29, 1.82) is 0 Å². The van der Waals surface area contributed by atoms with Crippen LogP contribution >= 0.6 is 0 Å². The molecule has 5 rings (SSSR count). The molecule has 148 valence electrons. The molecular weight excluding hydrogens is 344 g/mol. The van der Waals surface area contributed by atoms with Gasteiger partial charge in [0.15, 0.2) is 0 Å². The highest BCUT2D eigenvalue weighted by Gasteiger charge is 2.59. The lowest BCUT2D eigenvalue weighted by atomic mass is 9.59. The van der Waals surface area contributed by atoms with Crippen LogP contribution in [0.2, 0.25) is 0 Å². The van der Waals surface area contributed by atoms with Gasteiger partial charge in [0, 0.05) is 11.0 Å². The Hall–Kier alpha value is -1.96.